The van der Waals surface area contributed by atoms with E-state index in [9.17, 15) is 0 Å². The average Bonchev–Trinajstić information content (AvgIpc) is 2.12. The van der Waals surface area contributed by atoms with Crippen LogP contribution in [0, 0.1) is 0 Å². The van der Waals surface area contributed by atoms with Crippen molar-refractivity contribution in [2.24, 2.45) is 0 Å². The van der Waals surface area contributed by atoms with Crippen molar-refractivity contribution in [1.82, 2.24) is 4.98 Å². The average molecular weight is 155 g/mol. The van der Waals surface area contributed by atoms with Gasteiger partial charge in [0.2, 0.25) is 0 Å². The summed E-state index contributed by atoms with van der Waals surface area (Å²) in [5.41, 5.74) is 0. The minimum absolute atomic E-state index is 1.62. The van der Waals surface area contributed by atoms with Crippen molar-refractivity contribution in [2.75, 3.05) is 14.2 Å². The van der Waals surface area contributed by atoms with Crippen molar-refractivity contribution >= 4 is 0 Å². The lowest BCUT2D eigenvalue weighted by Gasteiger charge is -1.70. The molecule has 0 saturated heterocycles. The highest BCUT2D eigenvalue weighted by molar-refractivity contribution is 4.88. The quantitative estimate of drug-likeness (QED) is 0.574. The molecule has 1 heterocycles. The highest BCUT2D eigenvalue weighted by atomic mass is 16.4. The van der Waals surface area contributed by atoms with Gasteiger partial charge in [-0.3, -0.25) is 4.98 Å². The lowest BCUT2D eigenvalue weighted by Crippen LogP contribution is -1.58. The summed E-state index contributed by atoms with van der Waals surface area (Å²) in [6, 6.07) is 5.72. The van der Waals surface area contributed by atoms with E-state index < -0.39 is 0 Å². The Morgan fingerprint density at radius 3 is 1.36 bits per heavy atom. The topological polar surface area (TPSA) is 22.1 Å². The molecule has 0 aromatic carbocycles. The number of nitrogens with zero attached hydrogens (tertiary/aromatic N) is 1. The zero-order chi connectivity index (χ0) is 8.95. The Morgan fingerprint density at radius 2 is 1.27 bits per heavy atom. The van der Waals surface area contributed by atoms with Gasteiger partial charge >= 0.3 is 0 Å². The SMILES string of the molecule is CC.COC.c1ccncc1. The van der Waals surface area contributed by atoms with Gasteiger partial charge in [0, 0.05) is 26.6 Å². The highest BCUT2D eigenvalue weighted by Gasteiger charge is 1.58. The lowest BCUT2D eigenvalue weighted by molar-refractivity contribution is 0.277. The van der Waals surface area contributed by atoms with Crippen LogP contribution in [0.5, 0.6) is 0 Å². The summed E-state index contributed by atoms with van der Waals surface area (Å²) < 4.78 is 4.25. The Hall–Kier alpha value is -0.890. The van der Waals surface area contributed by atoms with E-state index in [-0.39, 0.29) is 0 Å². The number of methoxy groups -OCH3 is 1. The van der Waals surface area contributed by atoms with E-state index in [1.807, 2.05) is 32.0 Å². The van der Waals surface area contributed by atoms with Crippen LogP contribution in [0.15, 0.2) is 30.6 Å². The number of ether oxygens (including phenoxy) is 1. The Morgan fingerprint density at radius 1 is 0.909 bits per heavy atom. The summed E-state index contributed by atoms with van der Waals surface area (Å²) in [6.07, 6.45) is 3.50. The molecular formula is C9H17NO. The van der Waals surface area contributed by atoms with E-state index in [1.54, 1.807) is 26.6 Å². The van der Waals surface area contributed by atoms with Crippen molar-refractivity contribution in [3.8, 4) is 0 Å². The van der Waals surface area contributed by atoms with Crippen LogP contribution in [0.2, 0.25) is 0 Å². The first-order valence-corrected chi connectivity index (χ1v) is 3.67. The molecule has 0 N–H and O–H groups in total. The second-order valence-electron chi connectivity index (χ2n) is 1.43. The molecule has 0 spiro atoms. The van der Waals surface area contributed by atoms with Crippen LogP contribution in [0.4, 0.5) is 0 Å². The van der Waals surface area contributed by atoms with E-state index in [0.717, 1.165) is 0 Å². The lowest BCUT2D eigenvalue weighted by atomic mass is 10.5. The molecule has 11 heavy (non-hydrogen) atoms. The van der Waals surface area contributed by atoms with Gasteiger partial charge in [0.05, 0.1) is 0 Å². The van der Waals surface area contributed by atoms with E-state index >= 15 is 0 Å². The van der Waals surface area contributed by atoms with Crippen LogP contribution in [0.3, 0.4) is 0 Å². The smallest absolute Gasteiger partial charge is 0.0351 e. The summed E-state index contributed by atoms with van der Waals surface area (Å²) in [5.74, 6) is 0. The van der Waals surface area contributed by atoms with Gasteiger partial charge < -0.3 is 4.74 Å². The molecule has 1 aromatic heterocycles. The molecular weight excluding hydrogens is 138 g/mol. The van der Waals surface area contributed by atoms with Crippen molar-refractivity contribution in [2.45, 2.75) is 13.8 Å². The Labute approximate surface area is 69.2 Å². The van der Waals surface area contributed by atoms with Crippen LogP contribution in [-0.2, 0) is 4.74 Å². The van der Waals surface area contributed by atoms with E-state index in [2.05, 4.69) is 9.72 Å². The molecule has 0 radical (unpaired) electrons. The number of aromatic nitrogens is 1. The van der Waals surface area contributed by atoms with Gasteiger partial charge in [-0.1, -0.05) is 19.9 Å². The summed E-state index contributed by atoms with van der Waals surface area (Å²) in [7, 11) is 3.25. The highest BCUT2D eigenvalue weighted by Crippen LogP contribution is 1.73. The molecule has 0 bridgehead atoms. The minimum atomic E-state index is 1.62. The fourth-order valence-corrected chi connectivity index (χ4v) is 0.313. The van der Waals surface area contributed by atoms with Crippen molar-refractivity contribution in [3.05, 3.63) is 30.6 Å². The molecule has 1 rings (SSSR count). The molecule has 2 heteroatoms. The maximum atomic E-state index is 4.25. The maximum Gasteiger partial charge on any atom is 0.0351 e. The van der Waals surface area contributed by atoms with Gasteiger partial charge in [0.25, 0.3) is 0 Å². The van der Waals surface area contributed by atoms with Gasteiger partial charge in [-0.15, -0.1) is 0 Å². The Bertz CT molecular complexity index is 92.4. The molecule has 0 saturated carbocycles. The van der Waals surface area contributed by atoms with Gasteiger partial charge in [-0.2, -0.15) is 0 Å². The van der Waals surface area contributed by atoms with E-state index in [1.165, 1.54) is 0 Å². The molecule has 0 unspecified atom stereocenters. The maximum absolute atomic E-state index is 4.25. The number of rotatable bonds is 0. The molecule has 64 valence electrons. The molecule has 0 aliphatic carbocycles. The van der Waals surface area contributed by atoms with Crippen molar-refractivity contribution in [3.63, 3.8) is 0 Å². The molecule has 2 nitrogen and oxygen atoms in total. The molecule has 0 amide bonds. The zero-order valence-electron chi connectivity index (χ0n) is 7.74. The molecule has 0 aliphatic heterocycles. The Balaban J connectivity index is 0. The summed E-state index contributed by atoms with van der Waals surface area (Å²) in [6.45, 7) is 4.00. The van der Waals surface area contributed by atoms with Crippen molar-refractivity contribution in [1.29, 1.82) is 0 Å². The van der Waals surface area contributed by atoms with Crippen LogP contribution >= 0.6 is 0 Å². The second kappa shape index (κ2) is 16.1. The van der Waals surface area contributed by atoms with Crippen LogP contribution < -0.4 is 0 Å². The number of hydrogen-bond donors (Lipinski definition) is 0. The first-order valence-electron chi connectivity index (χ1n) is 3.67. The summed E-state index contributed by atoms with van der Waals surface area (Å²) in [4.78, 5) is 3.78. The fraction of sp³-hybridized carbons (Fsp3) is 0.444. The molecule has 0 atom stereocenters. The zero-order valence-corrected chi connectivity index (χ0v) is 7.74. The number of hydrogen-bond acceptors (Lipinski definition) is 2. The third kappa shape index (κ3) is 17.6. The first kappa shape index (κ1) is 12.8. The predicted octanol–water partition coefficient (Wildman–Crippen LogP) is 2.37. The summed E-state index contributed by atoms with van der Waals surface area (Å²) in [5, 5.41) is 0. The molecule has 0 aliphatic rings. The third-order valence-corrected chi connectivity index (χ3v) is 0.566. The third-order valence-electron chi connectivity index (χ3n) is 0.566. The van der Waals surface area contributed by atoms with Crippen LogP contribution in [0.25, 0.3) is 0 Å². The second-order valence-corrected chi connectivity index (χ2v) is 1.43. The largest absolute Gasteiger partial charge is 0.388 e. The predicted molar refractivity (Wildman–Crippen MR) is 48.5 cm³/mol. The molecule has 1 aromatic rings. The summed E-state index contributed by atoms with van der Waals surface area (Å²) >= 11 is 0. The van der Waals surface area contributed by atoms with E-state index in [0.29, 0.717) is 0 Å². The van der Waals surface area contributed by atoms with Crippen LogP contribution in [-0.4, -0.2) is 19.2 Å². The number of pyridine rings is 1. The van der Waals surface area contributed by atoms with Gasteiger partial charge in [0.15, 0.2) is 0 Å². The van der Waals surface area contributed by atoms with Gasteiger partial charge in [-0.05, 0) is 12.1 Å². The van der Waals surface area contributed by atoms with E-state index in [4.69, 9.17) is 0 Å². The fourth-order valence-electron chi connectivity index (χ4n) is 0.313. The van der Waals surface area contributed by atoms with Crippen molar-refractivity contribution < 1.29 is 4.74 Å². The molecule has 0 fully saturated rings. The standard InChI is InChI=1S/C5H5N.C2H6O.C2H6/c1-2-4-6-5-3-1;1-3-2;1-2/h1-5H;1-2H3;1-2H3. The normalized spacial score (nSPS) is 6.55. The van der Waals surface area contributed by atoms with Crippen LogP contribution in [0.1, 0.15) is 13.8 Å². The monoisotopic (exact) mass is 155 g/mol. The Kier molecular flexibility index (Phi) is 18.6. The van der Waals surface area contributed by atoms with Gasteiger partial charge in [-0.25, -0.2) is 0 Å². The minimum Gasteiger partial charge on any atom is -0.388 e. The first-order chi connectivity index (χ1) is 5.41. The van der Waals surface area contributed by atoms with Gasteiger partial charge in [0.1, 0.15) is 0 Å².